The molecule has 0 saturated carbocycles. The fraction of sp³-hybridized carbons (Fsp3) is 0.600. The molecule has 0 radical (unpaired) electrons. The van der Waals surface area contributed by atoms with Crippen molar-refractivity contribution >= 4 is 23.2 Å². The average Bonchev–Trinajstić information content (AvgIpc) is 2.65. The molecule has 2 aliphatic heterocycles. The highest BCUT2D eigenvalue weighted by Gasteiger charge is 2.45. The molecule has 2 fully saturated rings. The molecule has 2 heterocycles. The molecule has 1 N–H and O–H groups in total. The van der Waals surface area contributed by atoms with E-state index >= 15 is 0 Å². The lowest BCUT2D eigenvalue weighted by molar-refractivity contribution is 0.0592. The van der Waals surface area contributed by atoms with E-state index in [-0.39, 0.29) is 6.61 Å². The number of hydrogen-bond donors (Lipinski definition) is 1. The first kappa shape index (κ1) is 13.7. The zero-order chi connectivity index (χ0) is 13.6. The Morgan fingerprint density at radius 2 is 2.05 bits per heavy atom. The Labute approximate surface area is 124 Å². The molecule has 0 aromatic heterocycles. The first-order valence-corrected chi connectivity index (χ1v) is 7.65. The SMILES string of the molecule is CN1C2CC[C@@H]1[C@@H](CO)[C@@H](c1ccc(Cl)c(Cl)c1)C2. The molecular weight excluding hydrogens is 281 g/mol. The van der Waals surface area contributed by atoms with Gasteiger partial charge in [-0.3, -0.25) is 0 Å². The third-order valence-electron chi connectivity index (χ3n) is 5.01. The maximum absolute atomic E-state index is 9.80. The van der Waals surface area contributed by atoms with Crippen molar-refractivity contribution in [3.05, 3.63) is 33.8 Å². The van der Waals surface area contributed by atoms with Gasteiger partial charge in [0.2, 0.25) is 0 Å². The second-order valence-corrected chi connectivity index (χ2v) is 6.64. The summed E-state index contributed by atoms with van der Waals surface area (Å²) in [5.41, 5.74) is 1.22. The van der Waals surface area contributed by atoms with Crippen LogP contribution in [0.25, 0.3) is 0 Å². The van der Waals surface area contributed by atoms with Crippen LogP contribution < -0.4 is 0 Å². The van der Waals surface area contributed by atoms with Gasteiger partial charge in [0.05, 0.1) is 10.0 Å². The smallest absolute Gasteiger partial charge is 0.0595 e. The maximum atomic E-state index is 9.80. The van der Waals surface area contributed by atoms with Crippen molar-refractivity contribution < 1.29 is 5.11 Å². The molecule has 1 aromatic rings. The summed E-state index contributed by atoms with van der Waals surface area (Å²) in [4.78, 5) is 2.45. The van der Waals surface area contributed by atoms with Crippen LogP contribution in [0, 0.1) is 5.92 Å². The first-order chi connectivity index (χ1) is 9.11. The monoisotopic (exact) mass is 299 g/mol. The Morgan fingerprint density at radius 3 is 2.74 bits per heavy atom. The van der Waals surface area contributed by atoms with Gasteiger partial charge in [-0.05, 0) is 49.9 Å². The lowest BCUT2D eigenvalue weighted by Gasteiger charge is -2.42. The highest BCUT2D eigenvalue weighted by Crippen LogP contribution is 2.46. The number of benzene rings is 1. The van der Waals surface area contributed by atoms with Crippen molar-refractivity contribution in [2.75, 3.05) is 13.7 Å². The van der Waals surface area contributed by atoms with E-state index in [1.54, 1.807) is 0 Å². The Kier molecular flexibility index (Phi) is 3.78. The third-order valence-corrected chi connectivity index (χ3v) is 5.75. The van der Waals surface area contributed by atoms with E-state index in [0.717, 1.165) is 6.42 Å². The normalized spacial score (nSPS) is 34.7. The van der Waals surface area contributed by atoms with Gasteiger partial charge in [-0.25, -0.2) is 0 Å². The average molecular weight is 300 g/mol. The van der Waals surface area contributed by atoms with Gasteiger partial charge in [0.25, 0.3) is 0 Å². The molecule has 2 saturated heterocycles. The summed E-state index contributed by atoms with van der Waals surface area (Å²) in [5, 5.41) is 11.0. The van der Waals surface area contributed by atoms with Gasteiger partial charge >= 0.3 is 0 Å². The number of fused-ring (bicyclic) bond motifs is 2. The summed E-state index contributed by atoms with van der Waals surface area (Å²) < 4.78 is 0. The van der Waals surface area contributed by atoms with E-state index in [1.807, 2.05) is 12.1 Å². The summed E-state index contributed by atoms with van der Waals surface area (Å²) in [6.45, 7) is 0.243. The summed E-state index contributed by atoms with van der Waals surface area (Å²) in [7, 11) is 2.19. The molecule has 3 rings (SSSR count). The highest BCUT2D eigenvalue weighted by molar-refractivity contribution is 6.42. The van der Waals surface area contributed by atoms with Crippen molar-refractivity contribution in [1.82, 2.24) is 4.90 Å². The number of halogens is 2. The summed E-state index contributed by atoms with van der Waals surface area (Å²) in [6.07, 6.45) is 3.55. The van der Waals surface area contributed by atoms with Gasteiger partial charge in [0, 0.05) is 24.6 Å². The van der Waals surface area contributed by atoms with Crippen LogP contribution in [-0.2, 0) is 0 Å². The largest absolute Gasteiger partial charge is 0.396 e. The molecule has 2 bridgehead atoms. The van der Waals surface area contributed by atoms with E-state index in [1.165, 1.54) is 18.4 Å². The Bertz CT molecular complexity index is 479. The van der Waals surface area contributed by atoms with Gasteiger partial charge in [-0.1, -0.05) is 29.3 Å². The minimum Gasteiger partial charge on any atom is -0.396 e. The van der Waals surface area contributed by atoms with Crippen molar-refractivity contribution in [3.8, 4) is 0 Å². The summed E-state index contributed by atoms with van der Waals surface area (Å²) in [5.74, 6) is 0.703. The number of aliphatic hydroxyl groups is 1. The van der Waals surface area contributed by atoms with E-state index in [2.05, 4.69) is 18.0 Å². The predicted octanol–water partition coefficient (Wildman–Crippen LogP) is 3.55. The molecule has 19 heavy (non-hydrogen) atoms. The third kappa shape index (κ3) is 2.29. The van der Waals surface area contributed by atoms with Gasteiger partial charge < -0.3 is 10.0 Å². The lowest BCUT2D eigenvalue weighted by atomic mass is 9.76. The molecule has 0 amide bonds. The minimum absolute atomic E-state index is 0.243. The molecule has 0 aliphatic carbocycles. The lowest BCUT2D eigenvalue weighted by Crippen LogP contribution is -2.47. The van der Waals surface area contributed by atoms with Gasteiger partial charge in [0.15, 0.2) is 0 Å². The molecule has 104 valence electrons. The topological polar surface area (TPSA) is 23.5 Å². The number of nitrogens with zero attached hydrogens (tertiary/aromatic N) is 1. The molecule has 4 atom stereocenters. The zero-order valence-corrected chi connectivity index (χ0v) is 12.5. The zero-order valence-electron chi connectivity index (χ0n) is 11.0. The number of piperidine rings is 1. The number of hydrogen-bond acceptors (Lipinski definition) is 2. The van der Waals surface area contributed by atoms with Crippen LogP contribution >= 0.6 is 23.2 Å². The highest BCUT2D eigenvalue weighted by atomic mass is 35.5. The number of aliphatic hydroxyl groups excluding tert-OH is 1. The van der Waals surface area contributed by atoms with Crippen molar-refractivity contribution in [2.24, 2.45) is 5.92 Å². The van der Waals surface area contributed by atoms with E-state index in [0.29, 0.717) is 34.0 Å². The van der Waals surface area contributed by atoms with Crippen LogP contribution in [0.4, 0.5) is 0 Å². The minimum atomic E-state index is 0.243. The standard InChI is InChI=1S/C15H19Cl2NO/c1-18-10-3-5-15(18)12(8-19)11(7-10)9-2-4-13(16)14(17)6-9/h2,4,6,10-12,15,19H,3,5,7-8H2,1H3/t10?,11-,12+,15-/m1/s1. The first-order valence-electron chi connectivity index (χ1n) is 6.89. The van der Waals surface area contributed by atoms with Crippen LogP contribution in [0.15, 0.2) is 18.2 Å². The molecular formula is C15H19Cl2NO. The van der Waals surface area contributed by atoms with Crippen molar-refractivity contribution in [2.45, 2.75) is 37.3 Å². The Morgan fingerprint density at radius 1 is 1.26 bits per heavy atom. The van der Waals surface area contributed by atoms with Gasteiger partial charge in [-0.15, -0.1) is 0 Å². The van der Waals surface area contributed by atoms with Crippen LogP contribution in [0.3, 0.4) is 0 Å². The number of rotatable bonds is 2. The Hall–Kier alpha value is -0.280. The molecule has 0 spiro atoms. The van der Waals surface area contributed by atoms with E-state index in [9.17, 15) is 5.11 Å². The molecule has 4 heteroatoms. The predicted molar refractivity (Wildman–Crippen MR) is 79.0 cm³/mol. The fourth-order valence-corrected chi connectivity index (χ4v) is 4.26. The Balaban J connectivity index is 1.93. The van der Waals surface area contributed by atoms with Crippen molar-refractivity contribution in [3.63, 3.8) is 0 Å². The molecule has 2 aliphatic rings. The van der Waals surface area contributed by atoms with Crippen LogP contribution in [0.2, 0.25) is 10.0 Å². The van der Waals surface area contributed by atoms with Crippen molar-refractivity contribution in [1.29, 1.82) is 0 Å². The second kappa shape index (κ2) is 5.25. The maximum Gasteiger partial charge on any atom is 0.0595 e. The quantitative estimate of drug-likeness (QED) is 0.903. The summed E-state index contributed by atoms with van der Waals surface area (Å²) >= 11 is 12.1. The van der Waals surface area contributed by atoms with Crippen LogP contribution in [0.1, 0.15) is 30.7 Å². The molecule has 1 aromatic carbocycles. The van der Waals surface area contributed by atoms with Crippen LogP contribution in [0.5, 0.6) is 0 Å². The van der Waals surface area contributed by atoms with Crippen LogP contribution in [-0.4, -0.2) is 35.7 Å². The fourth-order valence-electron chi connectivity index (χ4n) is 3.95. The second-order valence-electron chi connectivity index (χ2n) is 5.83. The van der Waals surface area contributed by atoms with Gasteiger partial charge in [-0.2, -0.15) is 0 Å². The molecule has 2 nitrogen and oxygen atoms in total. The summed E-state index contributed by atoms with van der Waals surface area (Å²) in [6, 6.07) is 7.05. The molecule has 1 unspecified atom stereocenters. The van der Waals surface area contributed by atoms with E-state index < -0.39 is 0 Å². The van der Waals surface area contributed by atoms with E-state index in [4.69, 9.17) is 23.2 Å². The van der Waals surface area contributed by atoms with Gasteiger partial charge in [0.1, 0.15) is 0 Å².